The van der Waals surface area contributed by atoms with Crippen molar-refractivity contribution >= 4 is 65.0 Å². The van der Waals surface area contributed by atoms with Crippen molar-refractivity contribution in [2.75, 3.05) is 0 Å². The van der Waals surface area contributed by atoms with Crippen molar-refractivity contribution in [2.24, 2.45) is 0 Å². The number of hydrogen-bond donors (Lipinski definition) is 0. The minimum absolute atomic E-state index is 0.921. The van der Waals surface area contributed by atoms with Gasteiger partial charge in [0.05, 0.1) is 0 Å². The van der Waals surface area contributed by atoms with Gasteiger partial charge in [0.2, 0.25) is 0 Å². The lowest BCUT2D eigenvalue weighted by Gasteiger charge is -2.15. The van der Waals surface area contributed by atoms with Crippen molar-refractivity contribution in [3.8, 4) is 44.5 Å². The van der Waals surface area contributed by atoms with E-state index >= 15 is 0 Å². The molecule has 0 radical (unpaired) electrons. The van der Waals surface area contributed by atoms with E-state index in [1.165, 1.54) is 76.5 Å². The first-order valence-electron chi connectivity index (χ1n) is 17.6. The lowest BCUT2D eigenvalue weighted by Crippen LogP contribution is -1.88. The molecular weight excluding hydrogens is 617 g/mol. The van der Waals surface area contributed by atoms with Gasteiger partial charge in [-0.05, 0) is 131 Å². The molecule has 51 heavy (non-hydrogen) atoms. The van der Waals surface area contributed by atoms with Crippen LogP contribution in [0.2, 0.25) is 0 Å². The summed E-state index contributed by atoms with van der Waals surface area (Å²) in [6.45, 7) is 0. The molecule has 0 spiro atoms. The van der Waals surface area contributed by atoms with Crippen LogP contribution >= 0.6 is 0 Å². The molecule has 1 heteroatoms. The second kappa shape index (κ2) is 10.9. The third kappa shape index (κ3) is 4.49. The highest BCUT2D eigenvalue weighted by atomic mass is 16.3. The monoisotopic (exact) mass is 646 g/mol. The maximum Gasteiger partial charge on any atom is 0.143 e. The van der Waals surface area contributed by atoms with Gasteiger partial charge in [0.1, 0.15) is 11.2 Å². The molecule has 1 aromatic heterocycles. The summed E-state index contributed by atoms with van der Waals surface area (Å²) in [6.07, 6.45) is 0. The summed E-state index contributed by atoms with van der Waals surface area (Å²) in [7, 11) is 0. The molecule has 0 atom stereocenters. The van der Waals surface area contributed by atoms with Crippen LogP contribution in [0.25, 0.3) is 110 Å². The number of benzene rings is 10. The Morgan fingerprint density at radius 1 is 0.275 bits per heavy atom. The minimum atomic E-state index is 0.921. The fourth-order valence-electron chi connectivity index (χ4n) is 8.25. The number of fused-ring (bicyclic) bond motifs is 4. The molecule has 236 valence electrons. The van der Waals surface area contributed by atoms with E-state index in [0.717, 1.165) is 33.1 Å². The molecule has 0 amide bonds. The van der Waals surface area contributed by atoms with Crippen molar-refractivity contribution < 1.29 is 4.42 Å². The molecule has 0 fully saturated rings. The molecule has 0 N–H and O–H groups in total. The van der Waals surface area contributed by atoms with E-state index in [-0.39, 0.29) is 0 Å². The highest BCUT2D eigenvalue weighted by molar-refractivity contribution is 6.24. The summed E-state index contributed by atoms with van der Waals surface area (Å²) in [6, 6.07) is 66.4. The molecule has 10 aromatic carbocycles. The Bertz CT molecular complexity index is 3060. The van der Waals surface area contributed by atoms with Gasteiger partial charge in [-0.3, -0.25) is 0 Å². The van der Waals surface area contributed by atoms with Gasteiger partial charge in [-0.1, -0.05) is 133 Å². The molecule has 11 aromatic rings. The second-order valence-corrected chi connectivity index (χ2v) is 13.7. The first-order chi connectivity index (χ1) is 25.2. The molecular formula is C50H30O. The molecule has 1 nitrogen and oxygen atoms in total. The SMILES string of the molecule is c1ccc(-c2ccc3cc(-c4cc5ccc6cc(-c7cccc(-c8cccc9c8oc8ccccc89)c7)cc7ccc(c4)c5c67)ccc3c2)cc1. The van der Waals surface area contributed by atoms with Crippen molar-refractivity contribution in [3.63, 3.8) is 0 Å². The van der Waals surface area contributed by atoms with Gasteiger partial charge in [0.15, 0.2) is 0 Å². The summed E-state index contributed by atoms with van der Waals surface area (Å²) in [5.41, 5.74) is 11.5. The predicted molar refractivity (Wildman–Crippen MR) is 217 cm³/mol. The summed E-state index contributed by atoms with van der Waals surface area (Å²) in [5.74, 6) is 0. The fourth-order valence-corrected chi connectivity index (χ4v) is 8.25. The van der Waals surface area contributed by atoms with Gasteiger partial charge >= 0.3 is 0 Å². The van der Waals surface area contributed by atoms with Crippen LogP contribution in [-0.4, -0.2) is 0 Å². The Morgan fingerprint density at radius 2 is 0.745 bits per heavy atom. The standard InChI is InChI=1S/C50H30O/c1-2-8-31(9-3-1)33-16-17-35-25-36(19-18-34(35)24-33)43-29-40-22-20-38-27-42(28-39-21-23-41(30-43)49(40)48(38)39)32-10-6-11-37(26-32)44-13-7-14-46-45-12-4-5-15-47(45)51-50(44)46/h1-30H. The summed E-state index contributed by atoms with van der Waals surface area (Å²) < 4.78 is 6.39. The highest BCUT2D eigenvalue weighted by Crippen LogP contribution is 2.41. The highest BCUT2D eigenvalue weighted by Gasteiger charge is 2.15. The number of furan rings is 1. The second-order valence-electron chi connectivity index (χ2n) is 13.7. The van der Waals surface area contributed by atoms with E-state index in [0.29, 0.717) is 0 Å². The van der Waals surface area contributed by atoms with Crippen LogP contribution < -0.4 is 0 Å². The van der Waals surface area contributed by atoms with Crippen LogP contribution in [0.5, 0.6) is 0 Å². The van der Waals surface area contributed by atoms with E-state index in [9.17, 15) is 0 Å². The molecule has 0 bridgehead atoms. The van der Waals surface area contributed by atoms with Gasteiger partial charge in [-0.15, -0.1) is 0 Å². The van der Waals surface area contributed by atoms with E-state index < -0.39 is 0 Å². The van der Waals surface area contributed by atoms with Gasteiger partial charge in [0, 0.05) is 16.3 Å². The van der Waals surface area contributed by atoms with Crippen LogP contribution in [0.4, 0.5) is 0 Å². The Labute approximate surface area is 295 Å². The van der Waals surface area contributed by atoms with Crippen LogP contribution in [0.15, 0.2) is 186 Å². The van der Waals surface area contributed by atoms with Gasteiger partial charge < -0.3 is 4.42 Å². The van der Waals surface area contributed by atoms with Crippen LogP contribution in [-0.2, 0) is 0 Å². The van der Waals surface area contributed by atoms with Crippen LogP contribution in [0.1, 0.15) is 0 Å². The van der Waals surface area contributed by atoms with Gasteiger partial charge in [-0.2, -0.15) is 0 Å². The zero-order valence-corrected chi connectivity index (χ0v) is 27.7. The summed E-state index contributed by atoms with van der Waals surface area (Å²) in [4.78, 5) is 0. The Balaban J connectivity index is 0.984. The molecule has 0 saturated carbocycles. The van der Waals surface area contributed by atoms with Gasteiger partial charge in [0.25, 0.3) is 0 Å². The van der Waals surface area contributed by atoms with Crippen molar-refractivity contribution in [1.82, 2.24) is 0 Å². The minimum Gasteiger partial charge on any atom is -0.455 e. The summed E-state index contributed by atoms with van der Waals surface area (Å²) in [5, 5.41) is 12.5. The number of para-hydroxylation sites is 2. The summed E-state index contributed by atoms with van der Waals surface area (Å²) >= 11 is 0. The normalized spacial score (nSPS) is 11.9. The van der Waals surface area contributed by atoms with Crippen molar-refractivity contribution in [2.45, 2.75) is 0 Å². The van der Waals surface area contributed by atoms with E-state index in [2.05, 4.69) is 170 Å². The first-order valence-corrected chi connectivity index (χ1v) is 17.6. The molecule has 11 rings (SSSR count). The lowest BCUT2D eigenvalue weighted by molar-refractivity contribution is 0.670. The smallest absolute Gasteiger partial charge is 0.143 e. The molecule has 1 heterocycles. The van der Waals surface area contributed by atoms with Crippen LogP contribution in [0.3, 0.4) is 0 Å². The third-order valence-electron chi connectivity index (χ3n) is 10.7. The average molecular weight is 647 g/mol. The van der Waals surface area contributed by atoms with E-state index in [4.69, 9.17) is 4.42 Å². The molecule has 0 saturated heterocycles. The predicted octanol–water partition coefficient (Wildman–Crippen LogP) is 14.3. The van der Waals surface area contributed by atoms with Crippen LogP contribution in [0, 0.1) is 0 Å². The Hall–Kier alpha value is -6.70. The van der Waals surface area contributed by atoms with Gasteiger partial charge in [-0.25, -0.2) is 0 Å². The quantitative estimate of drug-likeness (QED) is 0.173. The number of rotatable bonds is 4. The molecule has 0 aliphatic carbocycles. The Kier molecular flexibility index (Phi) is 6.02. The maximum absolute atomic E-state index is 6.39. The largest absolute Gasteiger partial charge is 0.455 e. The number of hydrogen-bond acceptors (Lipinski definition) is 1. The van der Waals surface area contributed by atoms with E-state index in [1.807, 2.05) is 12.1 Å². The van der Waals surface area contributed by atoms with Crippen molar-refractivity contribution in [3.05, 3.63) is 182 Å². The topological polar surface area (TPSA) is 13.1 Å². The third-order valence-corrected chi connectivity index (χ3v) is 10.7. The van der Waals surface area contributed by atoms with E-state index in [1.54, 1.807) is 0 Å². The maximum atomic E-state index is 6.39. The fraction of sp³-hybridized carbons (Fsp3) is 0. The first kappa shape index (κ1) is 28.2. The average Bonchev–Trinajstić information content (AvgIpc) is 3.59. The zero-order chi connectivity index (χ0) is 33.5. The molecule has 0 unspecified atom stereocenters. The van der Waals surface area contributed by atoms with Crippen molar-refractivity contribution in [1.29, 1.82) is 0 Å². The molecule has 0 aliphatic heterocycles. The molecule has 0 aliphatic rings. The Morgan fingerprint density at radius 3 is 1.41 bits per heavy atom. The lowest BCUT2D eigenvalue weighted by atomic mass is 9.89. The zero-order valence-electron chi connectivity index (χ0n) is 27.7.